The van der Waals surface area contributed by atoms with Crippen LogP contribution in [0.1, 0.15) is 30.2 Å². The molecule has 1 aliphatic carbocycles. The van der Waals surface area contributed by atoms with Gasteiger partial charge >= 0.3 is 12.0 Å². The summed E-state index contributed by atoms with van der Waals surface area (Å²) in [6.07, 6.45) is 2.08. The van der Waals surface area contributed by atoms with Gasteiger partial charge in [0.15, 0.2) is 0 Å². The lowest BCUT2D eigenvalue weighted by Gasteiger charge is -2.32. The monoisotopic (exact) mass is 437 g/mol. The van der Waals surface area contributed by atoms with E-state index in [4.69, 9.17) is 4.74 Å². The first-order valence-electron chi connectivity index (χ1n) is 11.0. The second kappa shape index (κ2) is 9.42. The van der Waals surface area contributed by atoms with Crippen molar-refractivity contribution in [3.63, 3.8) is 0 Å². The molecular formula is C25H28FN3O3. The fourth-order valence-corrected chi connectivity index (χ4v) is 4.51. The Hall–Kier alpha value is -3.35. The second-order valence-electron chi connectivity index (χ2n) is 8.13. The molecule has 168 valence electrons. The van der Waals surface area contributed by atoms with Crippen molar-refractivity contribution >= 4 is 22.9 Å². The molecule has 1 heterocycles. The van der Waals surface area contributed by atoms with Crippen molar-refractivity contribution in [1.82, 2.24) is 14.8 Å². The summed E-state index contributed by atoms with van der Waals surface area (Å²) in [5.41, 5.74) is 3.88. The molecule has 32 heavy (non-hydrogen) atoms. The molecule has 0 aliphatic heterocycles. The SMILES string of the molecule is CCOC(=O)Cn1c2c(c3cc(F)ccc31)C[C@@H](N(C)C(=O)NCc1ccccc1)CC2. The Balaban J connectivity index is 1.54. The fraction of sp³-hybridized carbons (Fsp3) is 0.360. The van der Waals surface area contributed by atoms with Crippen LogP contribution in [-0.2, 0) is 35.5 Å². The number of ether oxygens (including phenoxy) is 1. The number of nitrogens with zero attached hydrogens (tertiary/aromatic N) is 2. The van der Waals surface area contributed by atoms with Crippen molar-refractivity contribution in [2.45, 2.75) is 45.3 Å². The highest BCUT2D eigenvalue weighted by molar-refractivity contribution is 5.87. The molecule has 6 nitrogen and oxygen atoms in total. The lowest BCUT2D eigenvalue weighted by atomic mass is 9.90. The van der Waals surface area contributed by atoms with E-state index in [1.807, 2.05) is 34.9 Å². The Morgan fingerprint density at radius 1 is 1.22 bits per heavy atom. The first kappa shape index (κ1) is 21.9. The number of benzene rings is 2. The summed E-state index contributed by atoms with van der Waals surface area (Å²) in [6.45, 7) is 2.66. The molecule has 0 unspecified atom stereocenters. The Bertz CT molecular complexity index is 1130. The number of hydrogen-bond donors (Lipinski definition) is 1. The van der Waals surface area contributed by atoms with Gasteiger partial charge in [-0.15, -0.1) is 0 Å². The zero-order valence-corrected chi connectivity index (χ0v) is 18.4. The maximum Gasteiger partial charge on any atom is 0.325 e. The summed E-state index contributed by atoms with van der Waals surface area (Å²) in [5, 5.41) is 3.77. The van der Waals surface area contributed by atoms with Gasteiger partial charge in [-0.1, -0.05) is 30.3 Å². The number of urea groups is 1. The van der Waals surface area contributed by atoms with Crippen LogP contribution in [0.15, 0.2) is 48.5 Å². The van der Waals surface area contributed by atoms with E-state index >= 15 is 0 Å². The molecule has 3 aromatic rings. The molecule has 0 radical (unpaired) electrons. The molecular weight excluding hydrogens is 409 g/mol. The predicted molar refractivity (Wildman–Crippen MR) is 121 cm³/mol. The number of hydrogen-bond acceptors (Lipinski definition) is 3. The van der Waals surface area contributed by atoms with E-state index in [0.717, 1.165) is 34.1 Å². The van der Waals surface area contributed by atoms with Gasteiger partial charge in [0.2, 0.25) is 0 Å². The number of fused-ring (bicyclic) bond motifs is 3. The Morgan fingerprint density at radius 2 is 2.00 bits per heavy atom. The molecule has 2 aromatic carbocycles. The van der Waals surface area contributed by atoms with Crippen LogP contribution >= 0.6 is 0 Å². The van der Waals surface area contributed by atoms with Gasteiger partial charge in [0.25, 0.3) is 0 Å². The summed E-state index contributed by atoms with van der Waals surface area (Å²) in [5.74, 6) is -0.624. The minimum Gasteiger partial charge on any atom is -0.465 e. The van der Waals surface area contributed by atoms with Gasteiger partial charge in [-0.2, -0.15) is 0 Å². The number of carbonyl (C=O) groups is 2. The van der Waals surface area contributed by atoms with Crippen LogP contribution in [-0.4, -0.2) is 41.2 Å². The molecule has 0 bridgehead atoms. The largest absolute Gasteiger partial charge is 0.465 e. The van der Waals surface area contributed by atoms with Gasteiger partial charge < -0.3 is 19.5 Å². The van der Waals surface area contributed by atoms with E-state index in [2.05, 4.69) is 5.32 Å². The van der Waals surface area contributed by atoms with Crippen LogP contribution in [0, 0.1) is 5.82 Å². The third-order valence-electron chi connectivity index (χ3n) is 6.15. The van der Waals surface area contributed by atoms with Crippen molar-refractivity contribution in [2.75, 3.05) is 13.7 Å². The molecule has 1 N–H and O–H groups in total. The van der Waals surface area contributed by atoms with E-state index in [1.165, 1.54) is 12.1 Å². The topological polar surface area (TPSA) is 63.6 Å². The highest BCUT2D eigenvalue weighted by atomic mass is 19.1. The number of aromatic nitrogens is 1. The van der Waals surface area contributed by atoms with Crippen LogP contribution in [0.5, 0.6) is 0 Å². The number of rotatable bonds is 6. The number of carbonyl (C=O) groups excluding carboxylic acids is 2. The molecule has 0 saturated heterocycles. The zero-order chi connectivity index (χ0) is 22.7. The van der Waals surface area contributed by atoms with E-state index < -0.39 is 0 Å². The lowest BCUT2D eigenvalue weighted by molar-refractivity contribution is -0.143. The molecule has 1 aromatic heterocycles. The number of likely N-dealkylation sites (N-methyl/N-ethyl adjacent to an activating group) is 1. The van der Waals surface area contributed by atoms with Gasteiger partial charge in [-0.3, -0.25) is 4.79 Å². The highest BCUT2D eigenvalue weighted by Gasteiger charge is 2.30. The van der Waals surface area contributed by atoms with Gasteiger partial charge in [0, 0.05) is 36.2 Å². The van der Waals surface area contributed by atoms with Crippen LogP contribution in [0.4, 0.5) is 9.18 Å². The number of esters is 1. The molecule has 2 amide bonds. The molecule has 0 spiro atoms. The maximum atomic E-state index is 14.1. The Labute approximate surface area is 187 Å². The third-order valence-corrected chi connectivity index (χ3v) is 6.15. The lowest BCUT2D eigenvalue weighted by Crippen LogP contribution is -2.45. The van der Waals surface area contributed by atoms with Gasteiger partial charge in [-0.05, 0) is 55.5 Å². The normalized spacial score (nSPS) is 15.3. The molecule has 1 aliphatic rings. The van der Waals surface area contributed by atoms with Crippen molar-refractivity contribution < 1.29 is 18.7 Å². The number of amides is 2. The average molecular weight is 438 g/mol. The second-order valence-corrected chi connectivity index (χ2v) is 8.13. The van der Waals surface area contributed by atoms with Crippen LogP contribution in [0.2, 0.25) is 0 Å². The van der Waals surface area contributed by atoms with Crippen molar-refractivity contribution in [3.05, 3.63) is 71.2 Å². The summed E-state index contributed by atoms with van der Waals surface area (Å²) >= 11 is 0. The quantitative estimate of drug-likeness (QED) is 0.592. The molecule has 1 atom stereocenters. The standard InChI is InChI=1S/C25H28FN3O3/c1-3-32-24(30)16-29-22-11-9-18(26)13-20(22)21-14-19(10-12-23(21)29)28(2)25(31)27-15-17-7-5-4-6-8-17/h4-9,11,13,19H,3,10,12,14-16H2,1-2H3,(H,27,31)/t19-/m0/s1. The zero-order valence-electron chi connectivity index (χ0n) is 18.4. The average Bonchev–Trinajstić information content (AvgIpc) is 3.09. The number of halogens is 1. The van der Waals surface area contributed by atoms with Crippen molar-refractivity contribution in [3.8, 4) is 0 Å². The van der Waals surface area contributed by atoms with Crippen molar-refractivity contribution in [1.29, 1.82) is 0 Å². The fourth-order valence-electron chi connectivity index (χ4n) is 4.51. The molecule has 0 saturated carbocycles. The highest BCUT2D eigenvalue weighted by Crippen LogP contribution is 2.34. The van der Waals surface area contributed by atoms with E-state index in [1.54, 1.807) is 24.9 Å². The first-order chi connectivity index (χ1) is 15.5. The van der Waals surface area contributed by atoms with Crippen LogP contribution < -0.4 is 5.32 Å². The van der Waals surface area contributed by atoms with Crippen LogP contribution in [0.25, 0.3) is 10.9 Å². The van der Waals surface area contributed by atoms with Gasteiger partial charge in [-0.25, -0.2) is 9.18 Å². The smallest absolute Gasteiger partial charge is 0.325 e. The number of nitrogens with one attached hydrogen (secondary N) is 1. The van der Waals surface area contributed by atoms with Gasteiger partial charge in [0.1, 0.15) is 12.4 Å². The Kier molecular flexibility index (Phi) is 6.44. The summed E-state index contributed by atoms with van der Waals surface area (Å²) < 4.78 is 21.1. The predicted octanol–water partition coefficient (Wildman–Crippen LogP) is 4.04. The summed E-state index contributed by atoms with van der Waals surface area (Å²) in [4.78, 5) is 26.7. The molecule has 7 heteroatoms. The Morgan fingerprint density at radius 3 is 2.75 bits per heavy atom. The molecule has 4 rings (SSSR count). The van der Waals surface area contributed by atoms with E-state index in [-0.39, 0.29) is 30.4 Å². The maximum absolute atomic E-state index is 14.1. The van der Waals surface area contributed by atoms with Crippen LogP contribution in [0.3, 0.4) is 0 Å². The minimum absolute atomic E-state index is 0.0109. The van der Waals surface area contributed by atoms with Gasteiger partial charge in [0.05, 0.1) is 6.61 Å². The summed E-state index contributed by atoms with van der Waals surface area (Å²) in [7, 11) is 1.80. The van der Waals surface area contributed by atoms with E-state index in [0.29, 0.717) is 26.0 Å². The molecule has 0 fully saturated rings. The van der Waals surface area contributed by atoms with E-state index in [9.17, 15) is 14.0 Å². The summed E-state index contributed by atoms with van der Waals surface area (Å²) in [6, 6.07) is 14.3. The van der Waals surface area contributed by atoms with Crippen molar-refractivity contribution in [2.24, 2.45) is 0 Å². The third kappa shape index (κ3) is 4.47. The minimum atomic E-state index is -0.315. The first-order valence-corrected chi connectivity index (χ1v) is 11.0.